The van der Waals surface area contributed by atoms with Crippen molar-refractivity contribution in [2.75, 3.05) is 31.6 Å². The van der Waals surface area contributed by atoms with E-state index in [1.54, 1.807) is 0 Å². The first-order valence-corrected chi connectivity index (χ1v) is 7.09. The molecule has 0 heterocycles. The van der Waals surface area contributed by atoms with E-state index in [2.05, 4.69) is 16.9 Å². The SMILES string of the molecule is CCNCC(C)C(=O)NCCCCSC. The Labute approximate surface area is 97.8 Å². The van der Waals surface area contributed by atoms with Crippen molar-refractivity contribution in [2.24, 2.45) is 5.92 Å². The number of hydrogen-bond acceptors (Lipinski definition) is 3. The van der Waals surface area contributed by atoms with Gasteiger partial charge in [-0.1, -0.05) is 13.8 Å². The normalized spacial score (nSPS) is 12.5. The monoisotopic (exact) mass is 232 g/mol. The van der Waals surface area contributed by atoms with Crippen molar-refractivity contribution in [1.29, 1.82) is 0 Å². The molecule has 15 heavy (non-hydrogen) atoms. The number of unbranched alkanes of at least 4 members (excludes halogenated alkanes) is 1. The largest absolute Gasteiger partial charge is 0.356 e. The van der Waals surface area contributed by atoms with E-state index in [1.165, 1.54) is 12.2 Å². The maximum absolute atomic E-state index is 11.5. The van der Waals surface area contributed by atoms with Gasteiger partial charge in [0.15, 0.2) is 0 Å². The Morgan fingerprint density at radius 2 is 2.13 bits per heavy atom. The molecule has 0 aromatic heterocycles. The molecule has 0 rings (SSSR count). The summed E-state index contributed by atoms with van der Waals surface area (Å²) in [6, 6.07) is 0. The highest BCUT2D eigenvalue weighted by Crippen LogP contribution is 1.98. The number of carbonyl (C=O) groups is 1. The van der Waals surface area contributed by atoms with Gasteiger partial charge >= 0.3 is 0 Å². The molecule has 1 amide bonds. The number of thioether (sulfide) groups is 1. The minimum Gasteiger partial charge on any atom is -0.356 e. The lowest BCUT2D eigenvalue weighted by molar-refractivity contribution is -0.124. The maximum atomic E-state index is 11.5. The van der Waals surface area contributed by atoms with Gasteiger partial charge < -0.3 is 10.6 Å². The van der Waals surface area contributed by atoms with Crippen LogP contribution in [0.5, 0.6) is 0 Å². The lowest BCUT2D eigenvalue weighted by Crippen LogP contribution is -2.35. The summed E-state index contributed by atoms with van der Waals surface area (Å²) in [4.78, 5) is 11.5. The second-order valence-corrected chi connectivity index (χ2v) is 4.69. The predicted octanol–water partition coefficient (Wildman–Crippen LogP) is 1.49. The standard InChI is InChI=1S/C11H24N2OS/c1-4-12-9-10(2)11(14)13-7-5-6-8-15-3/h10,12H,4-9H2,1-3H3,(H,13,14). The average Bonchev–Trinajstić information content (AvgIpc) is 2.25. The van der Waals surface area contributed by atoms with Gasteiger partial charge in [0.2, 0.25) is 5.91 Å². The highest BCUT2D eigenvalue weighted by Gasteiger charge is 2.10. The molecule has 0 aromatic carbocycles. The van der Waals surface area contributed by atoms with Gasteiger partial charge in [-0.15, -0.1) is 0 Å². The van der Waals surface area contributed by atoms with Crippen LogP contribution in [0.2, 0.25) is 0 Å². The molecule has 1 atom stereocenters. The van der Waals surface area contributed by atoms with Crippen molar-refractivity contribution in [1.82, 2.24) is 10.6 Å². The van der Waals surface area contributed by atoms with E-state index in [1.807, 2.05) is 25.6 Å². The first-order chi connectivity index (χ1) is 7.22. The van der Waals surface area contributed by atoms with Gasteiger partial charge in [-0.2, -0.15) is 11.8 Å². The summed E-state index contributed by atoms with van der Waals surface area (Å²) in [7, 11) is 0. The molecule has 0 spiro atoms. The van der Waals surface area contributed by atoms with Crippen molar-refractivity contribution in [2.45, 2.75) is 26.7 Å². The summed E-state index contributed by atoms with van der Waals surface area (Å²) < 4.78 is 0. The van der Waals surface area contributed by atoms with Crippen LogP contribution in [-0.2, 0) is 4.79 Å². The Hall–Kier alpha value is -0.220. The van der Waals surface area contributed by atoms with Crippen LogP contribution < -0.4 is 10.6 Å². The fraction of sp³-hybridized carbons (Fsp3) is 0.909. The van der Waals surface area contributed by atoms with Gasteiger partial charge in [-0.25, -0.2) is 0 Å². The molecular formula is C11H24N2OS. The maximum Gasteiger partial charge on any atom is 0.224 e. The van der Waals surface area contributed by atoms with Crippen molar-refractivity contribution in [3.8, 4) is 0 Å². The zero-order valence-corrected chi connectivity index (χ0v) is 11.0. The second kappa shape index (κ2) is 10.3. The Kier molecular flexibility index (Phi) is 10.2. The summed E-state index contributed by atoms with van der Waals surface area (Å²) in [5.41, 5.74) is 0. The predicted molar refractivity (Wildman–Crippen MR) is 68.3 cm³/mol. The number of hydrogen-bond donors (Lipinski definition) is 2. The lowest BCUT2D eigenvalue weighted by Gasteiger charge is -2.12. The fourth-order valence-corrected chi connectivity index (χ4v) is 1.70. The van der Waals surface area contributed by atoms with Crippen LogP contribution in [0, 0.1) is 5.92 Å². The van der Waals surface area contributed by atoms with E-state index in [0.717, 1.165) is 26.1 Å². The molecule has 0 radical (unpaired) electrons. The van der Waals surface area contributed by atoms with Crippen LogP contribution in [0.1, 0.15) is 26.7 Å². The van der Waals surface area contributed by atoms with Crippen molar-refractivity contribution < 1.29 is 4.79 Å². The van der Waals surface area contributed by atoms with Gasteiger partial charge in [-0.3, -0.25) is 4.79 Å². The van der Waals surface area contributed by atoms with E-state index in [-0.39, 0.29) is 11.8 Å². The van der Waals surface area contributed by atoms with Crippen LogP contribution in [-0.4, -0.2) is 37.6 Å². The van der Waals surface area contributed by atoms with Gasteiger partial charge in [0, 0.05) is 19.0 Å². The van der Waals surface area contributed by atoms with Crippen LogP contribution >= 0.6 is 11.8 Å². The molecule has 0 aliphatic heterocycles. The Morgan fingerprint density at radius 1 is 1.40 bits per heavy atom. The molecule has 0 fully saturated rings. The highest BCUT2D eigenvalue weighted by molar-refractivity contribution is 7.98. The Balaban J connectivity index is 3.38. The van der Waals surface area contributed by atoms with E-state index in [4.69, 9.17) is 0 Å². The van der Waals surface area contributed by atoms with Gasteiger partial charge in [-0.05, 0) is 31.4 Å². The van der Waals surface area contributed by atoms with E-state index < -0.39 is 0 Å². The molecule has 90 valence electrons. The summed E-state index contributed by atoms with van der Waals surface area (Å²) in [6.45, 7) is 6.52. The fourth-order valence-electron chi connectivity index (χ4n) is 1.21. The van der Waals surface area contributed by atoms with Crippen LogP contribution in [0.4, 0.5) is 0 Å². The molecule has 3 nitrogen and oxygen atoms in total. The van der Waals surface area contributed by atoms with Crippen molar-refractivity contribution >= 4 is 17.7 Å². The summed E-state index contributed by atoms with van der Waals surface area (Å²) in [6.07, 6.45) is 4.38. The third-order valence-corrected chi connectivity index (χ3v) is 2.92. The second-order valence-electron chi connectivity index (χ2n) is 3.70. The molecule has 1 unspecified atom stereocenters. The lowest BCUT2D eigenvalue weighted by atomic mass is 10.1. The van der Waals surface area contributed by atoms with Crippen molar-refractivity contribution in [3.05, 3.63) is 0 Å². The molecule has 0 aliphatic rings. The molecule has 4 heteroatoms. The number of carbonyl (C=O) groups excluding carboxylic acids is 1. The zero-order valence-electron chi connectivity index (χ0n) is 10.1. The third kappa shape index (κ3) is 8.75. The Bertz CT molecular complexity index is 165. The zero-order chi connectivity index (χ0) is 11.5. The molecule has 2 N–H and O–H groups in total. The van der Waals surface area contributed by atoms with E-state index in [0.29, 0.717) is 0 Å². The van der Waals surface area contributed by atoms with Crippen LogP contribution in [0.15, 0.2) is 0 Å². The van der Waals surface area contributed by atoms with Gasteiger partial charge in [0.1, 0.15) is 0 Å². The smallest absolute Gasteiger partial charge is 0.224 e. The summed E-state index contributed by atoms with van der Waals surface area (Å²) >= 11 is 1.86. The van der Waals surface area contributed by atoms with Crippen LogP contribution in [0.25, 0.3) is 0 Å². The van der Waals surface area contributed by atoms with Crippen molar-refractivity contribution in [3.63, 3.8) is 0 Å². The topological polar surface area (TPSA) is 41.1 Å². The summed E-state index contributed by atoms with van der Waals surface area (Å²) in [5.74, 6) is 1.42. The number of amides is 1. The molecular weight excluding hydrogens is 208 g/mol. The Morgan fingerprint density at radius 3 is 2.73 bits per heavy atom. The minimum atomic E-state index is 0.0745. The van der Waals surface area contributed by atoms with Gasteiger partial charge in [0.05, 0.1) is 0 Å². The molecule has 0 saturated carbocycles. The quantitative estimate of drug-likeness (QED) is 0.592. The van der Waals surface area contributed by atoms with E-state index >= 15 is 0 Å². The molecule has 0 saturated heterocycles. The summed E-state index contributed by atoms with van der Waals surface area (Å²) in [5, 5.41) is 6.14. The number of rotatable bonds is 9. The third-order valence-electron chi connectivity index (χ3n) is 2.22. The van der Waals surface area contributed by atoms with Crippen LogP contribution in [0.3, 0.4) is 0 Å². The number of nitrogens with one attached hydrogen (secondary N) is 2. The first-order valence-electron chi connectivity index (χ1n) is 5.69. The molecule has 0 aromatic rings. The average molecular weight is 232 g/mol. The molecule has 0 bridgehead atoms. The first kappa shape index (κ1) is 14.8. The highest BCUT2D eigenvalue weighted by atomic mass is 32.2. The van der Waals surface area contributed by atoms with E-state index in [9.17, 15) is 4.79 Å². The molecule has 0 aliphatic carbocycles. The minimum absolute atomic E-state index is 0.0745. The van der Waals surface area contributed by atoms with Gasteiger partial charge in [0.25, 0.3) is 0 Å².